The molecular formula is C9H21N3O. The number of nitrogens with two attached hydrogens (primary N) is 1. The molecule has 1 atom stereocenters. The van der Waals surface area contributed by atoms with Crippen LogP contribution in [0.5, 0.6) is 0 Å². The molecule has 0 aliphatic rings. The Hall–Kier alpha value is -0.610. The van der Waals surface area contributed by atoms with Gasteiger partial charge >= 0.3 is 0 Å². The van der Waals surface area contributed by atoms with Crippen LogP contribution < -0.4 is 11.2 Å². The van der Waals surface area contributed by atoms with Gasteiger partial charge in [0, 0.05) is 20.1 Å². The second-order valence-corrected chi connectivity index (χ2v) is 3.15. The lowest BCUT2D eigenvalue weighted by molar-refractivity contribution is -0.136. The number of amides is 1. The Morgan fingerprint density at radius 2 is 2.15 bits per heavy atom. The molecular weight excluding hydrogens is 166 g/mol. The molecule has 0 aromatic rings. The third-order valence-electron chi connectivity index (χ3n) is 2.06. The van der Waals surface area contributed by atoms with Gasteiger partial charge in [-0.1, -0.05) is 13.8 Å². The van der Waals surface area contributed by atoms with E-state index in [4.69, 9.17) is 5.73 Å². The fourth-order valence-corrected chi connectivity index (χ4v) is 1.07. The lowest BCUT2D eigenvalue weighted by Crippen LogP contribution is -2.44. The van der Waals surface area contributed by atoms with Gasteiger partial charge in [0.25, 0.3) is 0 Å². The van der Waals surface area contributed by atoms with E-state index in [0.717, 1.165) is 19.4 Å². The van der Waals surface area contributed by atoms with Crippen molar-refractivity contribution in [2.45, 2.75) is 26.7 Å². The smallest absolute Gasteiger partial charge is 0.240 e. The average Bonchev–Trinajstić information content (AvgIpc) is 2.15. The van der Waals surface area contributed by atoms with E-state index in [9.17, 15) is 4.79 Å². The number of hydrogen-bond acceptors (Lipinski definition) is 3. The summed E-state index contributed by atoms with van der Waals surface area (Å²) >= 11 is 0. The first-order valence-corrected chi connectivity index (χ1v) is 4.88. The van der Waals surface area contributed by atoms with Crippen LogP contribution in [-0.2, 0) is 4.79 Å². The van der Waals surface area contributed by atoms with E-state index < -0.39 is 0 Å². The number of carbonyl (C=O) groups excluding carboxylic acids is 1. The molecule has 0 rings (SSSR count). The topological polar surface area (TPSA) is 58.4 Å². The van der Waals surface area contributed by atoms with Crippen molar-refractivity contribution in [3.05, 3.63) is 0 Å². The zero-order valence-corrected chi connectivity index (χ0v) is 8.84. The van der Waals surface area contributed by atoms with E-state index >= 15 is 0 Å². The number of hydrazine groups is 1. The van der Waals surface area contributed by atoms with Crippen LogP contribution in [0.25, 0.3) is 0 Å². The average molecular weight is 187 g/mol. The summed E-state index contributed by atoms with van der Waals surface area (Å²) in [5.74, 6) is 0.0350. The highest BCUT2D eigenvalue weighted by molar-refractivity contribution is 5.78. The number of nitrogens with zero attached hydrogens (tertiary/aromatic N) is 1. The van der Waals surface area contributed by atoms with Crippen LogP contribution in [-0.4, -0.2) is 31.1 Å². The minimum atomic E-state index is -0.0469. The third kappa shape index (κ3) is 4.24. The van der Waals surface area contributed by atoms with Crippen molar-refractivity contribution in [2.75, 3.05) is 20.1 Å². The summed E-state index contributed by atoms with van der Waals surface area (Å²) in [6, 6.07) is 0. The molecule has 0 heterocycles. The number of rotatable bonds is 6. The van der Waals surface area contributed by atoms with Gasteiger partial charge in [-0.25, -0.2) is 5.43 Å². The summed E-state index contributed by atoms with van der Waals surface area (Å²) in [6.07, 6.45) is 1.81. The van der Waals surface area contributed by atoms with Crippen molar-refractivity contribution in [1.82, 2.24) is 10.4 Å². The normalized spacial score (nSPS) is 12.6. The molecule has 0 aromatic heterocycles. The van der Waals surface area contributed by atoms with Crippen molar-refractivity contribution in [2.24, 2.45) is 11.7 Å². The van der Waals surface area contributed by atoms with E-state index in [0.29, 0.717) is 6.54 Å². The molecule has 0 saturated heterocycles. The summed E-state index contributed by atoms with van der Waals surface area (Å²) in [6.45, 7) is 5.28. The number of nitrogens with one attached hydrogen (secondary N) is 1. The molecule has 13 heavy (non-hydrogen) atoms. The Labute approximate surface area is 80.4 Å². The van der Waals surface area contributed by atoms with Crippen LogP contribution >= 0.6 is 0 Å². The van der Waals surface area contributed by atoms with Gasteiger partial charge in [-0.15, -0.1) is 0 Å². The fourth-order valence-electron chi connectivity index (χ4n) is 1.07. The Morgan fingerprint density at radius 1 is 1.54 bits per heavy atom. The third-order valence-corrected chi connectivity index (χ3v) is 2.06. The highest BCUT2D eigenvalue weighted by Crippen LogP contribution is 2.02. The highest BCUT2D eigenvalue weighted by Gasteiger charge is 2.17. The maximum atomic E-state index is 11.6. The largest absolute Gasteiger partial charge is 0.330 e. The molecule has 0 radical (unpaired) electrons. The van der Waals surface area contributed by atoms with Gasteiger partial charge in [-0.2, -0.15) is 0 Å². The van der Waals surface area contributed by atoms with E-state index in [1.54, 1.807) is 12.1 Å². The monoisotopic (exact) mass is 187 g/mol. The molecule has 4 nitrogen and oxygen atoms in total. The summed E-state index contributed by atoms with van der Waals surface area (Å²) in [5.41, 5.74) is 8.48. The molecule has 0 aliphatic heterocycles. The first-order chi connectivity index (χ1) is 6.17. The summed E-state index contributed by atoms with van der Waals surface area (Å²) in [7, 11) is 1.75. The molecule has 78 valence electrons. The zero-order chi connectivity index (χ0) is 10.3. The Balaban J connectivity index is 3.92. The standard InChI is InChI=1S/C9H21N3O/c1-4-6-11-12(3)9(13)8(5-2)7-10/h8,11H,4-7,10H2,1-3H3. The van der Waals surface area contributed by atoms with Crippen molar-refractivity contribution in [3.8, 4) is 0 Å². The van der Waals surface area contributed by atoms with Crippen LogP contribution in [0.15, 0.2) is 0 Å². The lowest BCUT2D eigenvalue weighted by atomic mass is 10.1. The fraction of sp³-hybridized carbons (Fsp3) is 0.889. The Morgan fingerprint density at radius 3 is 2.54 bits per heavy atom. The van der Waals surface area contributed by atoms with Gasteiger partial charge < -0.3 is 5.73 Å². The maximum Gasteiger partial charge on any atom is 0.240 e. The number of carbonyl (C=O) groups is 1. The molecule has 0 aliphatic carbocycles. The molecule has 0 bridgehead atoms. The van der Waals surface area contributed by atoms with E-state index in [1.165, 1.54) is 0 Å². The molecule has 0 spiro atoms. The Kier molecular flexibility index (Phi) is 6.54. The minimum Gasteiger partial charge on any atom is -0.330 e. The molecule has 1 unspecified atom stereocenters. The van der Waals surface area contributed by atoms with E-state index in [-0.39, 0.29) is 11.8 Å². The summed E-state index contributed by atoms with van der Waals surface area (Å²) < 4.78 is 0. The number of hydrogen-bond donors (Lipinski definition) is 2. The van der Waals surface area contributed by atoms with Gasteiger partial charge in [-0.05, 0) is 12.8 Å². The highest BCUT2D eigenvalue weighted by atomic mass is 16.2. The summed E-state index contributed by atoms with van der Waals surface area (Å²) in [4.78, 5) is 11.6. The second-order valence-electron chi connectivity index (χ2n) is 3.15. The first kappa shape index (κ1) is 12.4. The predicted molar refractivity (Wildman–Crippen MR) is 53.9 cm³/mol. The SMILES string of the molecule is CCCNN(C)C(=O)C(CC)CN. The van der Waals surface area contributed by atoms with Crippen molar-refractivity contribution in [1.29, 1.82) is 0 Å². The predicted octanol–water partition coefficient (Wildman–Crippen LogP) is 0.344. The molecule has 0 fully saturated rings. The van der Waals surface area contributed by atoms with Gasteiger partial charge in [-0.3, -0.25) is 9.80 Å². The molecule has 1 amide bonds. The minimum absolute atomic E-state index is 0.0469. The Bertz CT molecular complexity index is 146. The van der Waals surface area contributed by atoms with Crippen LogP contribution in [0.1, 0.15) is 26.7 Å². The summed E-state index contributed by atoms with van der Waals surface area (Å²) in [5, 5.41) is 1.55. The van der Waals surface area contributed by atoms with Gasteiger partial charge in [0.2, 0.25) is 5.91 Å². The van der Waals surface area contributed by atoms with Crippen LogP contribution in [0.4, 0.5) is 0 Å². The molecule has 3 N–H and O–H groups in total. The van der Waals surface area contributed by atoms with Gasteiger partial charge in [0.05, 0.1) is 5.92 Å². The van der Waals surface area contributed by atoms with E-state index in [1.807, 2.05) is 6.92 Å². The van der Waals surface area contributed by atoms with Gasteiger partial charge in [0.1, 0.15) is 0 Å². The lowest BCUT2D eigenvalue weighted by Gasteiger charge is -2.22. The van der Waals surface area contributed by atoms with Crippen LogP contribution in [0.3, 0.4) is 0 Å². The van der Waals surface area contributed by atoms with Gasteiger partial charge in [0.15, 0.2) is 0 Å². The van der Waals surface area contributed by atoms with E-state index in [2.05, 4.69) is 12.3 Å². The molecule has 0 aromatic carbocycles. The first-order valence-electron chi connectivity index (χ1n) is 4.88. The molecule has 4 heteroatoms. The van der Waals surface area contributed by atoms with Crippen LogP contribution in [0, 0.1) is 5.92 Å². The van der Waals surface area contributed by atoms with Crippen molar-refractivity contribution in [3.63, 3.8) is 0 Å². The molecule has 0 saturated carbocycles. The van der Waals surface area contributed by atoms with Crippen LogP contribution in [0.2, 0.25) is 0 Å². The zero-order valence-electron chi connectivity index (χ0n) is 8.84. The van der Waals surface area contributed by atoms with Crippen molar-refractivity contribution >= 4 is 5.91 Å². The quantitative estimate of drug-likeness (QED) is 0.590. The van der Waals surface area contributed by atoms with Crippen molar-refractivity contribution < 1.29 is 4.79 Å². The maximum absolute atomic E-state index is 11.6. The second kappa shape index (κ2) is 6.86.